The van der Waals surface area contributed by atoms with Gasteiger partial charge in [0.15, 0.2) is 0 Å². The predicted octanol–water partition coefficient (Wildman–Crippen LogP) is 45.0. The molecule has 0 radical (unpaired) electrons. The first-order chi connectivity index (χ1) is 59.8. The minimum absolute atomic E-state index is 0.211. The summed E-state index contributed by atoms with van der Waals surface area (Å²) in [6.07, 6.45) is 171. The highest BCUT2D eigenvalue weighted by molar-refractivity contribution is 5.65. The maximum absolute atomic E-state index is 9.82. The van der Waals surface area contributed by atoms with Gasteiger partial charge in [0.1, 0.15) is 0 Å². The van der Waals surface area contributed by atoms with Crippen LogP contribution in [0.1, 0.15) is 746 Å². The fourth-order valence-corrected chi connectivity index (χ4v) is 20.4. The second-order valence-corrected chi connectivity index (χ2v) is 41.2. The van der Waals surface area contributed by atoms with Gasteiger partial charge in [-0.05, 0) is 6.92 Å². The van der Waals surface area contributed by atoms with Crippen molar-refractivity contribution in [3.8, 4) is 0 Å². The van der Waals surface area contributed by atoms with E-state index in [2.05, 4.69) is 4.74 Å². The molecule has 19 aliphatic rings. The lowest BCUT2D eigenvalue weighted by Gasteiger charge is -2.05. The minimum Gasteiger partial charge on any atom is -0.466 e. The van der Waals surface area contributed by atoms with E-state index in [0.717, 1.165) is 0 Å². The first kappa shape index (κ1) is 119. The highest BCUT2D eigenvalue weighted by Crippen LogP contribution is 2.26. The molecule has 0 amide bonds. The lowest BCUT2D eigenvalue weighted by Crippen LogP contribution is -1.95. The average Bonchev–Trinajstić information content (AvgIpc) is 4.10. The van der Waals surface area contributed by atoms with Gasteiger partial charge < -0.3 is 4.74 Å². The second kappa shape index (κ2) is 116. The van der Waals surface area contributed by atoms with E-state index < -0.39 is 0 Å². The minimum atomic E-state index is -0.211. The number of ether oxygens (including phenoxy) is 1. The molecule has 19 rings (SSSR count). The van der Waals surface area contributed by atoms with Crippen molar-refractivity contribution < 1.29 is 9.53 Å². The third kappa shape index (κ3) is 117. The molecule has 2 nitrogen and oxygen atoms in total. The van der Waals surface area contributed by atoms with E-state index >= 15 is 0 Å². The van der Waals surface area contributed by atoms with E-state index in [1.807, 2.05) is 0 Å². The van der Waals surface area contributed by atoms with Crippen molar-refractivity contribution in [3.63, 3.8) is 0 Å². The van der Waals surface area contributed by atoms with Gasteiger partial charge in [0, 0.05) is 6.92 Å². The molecule has 0 atom stereocenters. The Hall–Kier alpha value is -0.530. The molecule has 19 fully saturated rings. The maximum atomic E-state index is 9.82. The highest BCUT2D eigenvalue weighted by Gasteiger charge is 2.06. The van der Waals surface area contributed by atoms with E-state index in [1.54, 1.807) is 6.92 Å². The lowest BCUT2D eigenvalue weighted by molar-refractivity contribution is -0.140. The molecule has 0 N–H and O–H groups in total. The van der Waals surface area contributed by atoms with Crippen molar-refractivity contribution in [2.75, 3.05) is 6.61 Å². The average molecular weight is 1690 g/mol. The fourth-order valence-electron chi connectivity index (χ4n) is 20.4. The quantitative estimate of drug-likeness (QED) is 0.245. The molecular formula is C118H236O2. The number of hydrogen-bond donors (Lipinski definition) is 0. The van der Waals surface area contributed by atoms with Crippen LogP contribution in [0.25, 0.3) is 0 Å². The summed E-state index contributed by atoms with van der Waals surface area (Å²) in [6.45, 7) is 3.65. The Kier molecular flexibility index (Phi) is 116. The molecule has 120 heavy (non-hydrogen) atoms. The maximum Gasteiger partial charge on any atom is 0.302 e. The number of carbonyl (C=O) groups excluding carboxylic acids is 1. The summed E-state index contributed by atoms with van der Waals surface area (Å²) in [5, 5.41) is 0. The van der Waals surface area contributed by atoms with Gasteiger partial charge in [-0.2, -0.15) is 0 Å². The molecule has 0 aromatic rings. The molecule has 0 aliphatic heterocycles. The largest absolute Gasteiger partial charge is 0.466 e. The van der Waals surface area contributed by atoms with Crippen LogP contribution in [0, 0.1) is 0 Å². The molecule has 0 saturated heterocycles. The molecule has 0 aromatic heterocycles. The van der Waals surface area contributed by atoms with Crippen LogP contribution in [0.3, 0.4) is 0 Å². The van der Waals surface area contributed by atoms with E-state index in [9.17, 15) is 4.79 Å². The van der Waals surface area contributed by atoms with Crippen molar-refractivity contribution in [1.29, 1.82) is 0 Å². The topological polar surface area (TPSA) is 26.3 Å². The molecule has 2 heteroatoms. The zero-order valence-corrected chi connectivity index (χ0v) is 84.6. The summed E-state index contributed by atoms with van der Waals surface area (Å²) in [6, 6.07) is 0. The zero-order valence-electron chi connectivity index (χ0n) is 84.6. The first-order valence-electron chi connectivity index (χ1n) is 58.9. The van der Waals surface area contributed by atoms with Crippen LogP contribution in [-0.2, 0) is 9.53 Å². The number of hydrogen-bond acceptors (Lipinski definition) is 2. The summed E-state index contributed by atoms with van der Waals surface area (Å²) >= 11 is 0. The molecule has 19 aliphatic carbocycles. The first-order valence-corrected chi connectivity index (χ1v) is 58.9. The van der Waals surface area contributed by atoms with E-state index in [0.29, 0.717) is 6.61 Å². The third-order valence-corrected chi connectivity index (χ3v) is 28.8. The predicted molar refractivity (Wildman–Crippen MR) is 549 cm³/mol. The SMILES string of the molecule is C1CCCCC1.C1CCCCC1.C1CCCCC1.C1CCCCC1.C1CCCCC1.C1CCCCC1.C1CCCCC1.C1CCCCC1.C1CCCCC1.C1CCCCC1.C1CCCCC1.C1CCCCC1.C1CCCCC1.C1CCCCC1.C1CCCCC1.C1CCCCC1.C1CCCCC1.C1CCCCC1.C1CCCCC1.CCOC(C)=O. The summed E-state index contributed by atoms with van der Waals surface area (Å²) in [7, 11) is 0. The Morgan fingerprint density at radius 1 is 0.108 bits per heavy atom. The number of rotatable bonds is 1. The Morgan fingerprint density at radius 3 is 0.150 bits per heavy atom. The molecule has 0 bridgehead atoms. The Labute approximate surface area is 763 Å². The Balaban J connectivity index is 0.00000124. The molecular weight excluding hydrogens is 1450 g/mol. The standard InChI is InChI=1S/19C6H12.C4H8O2/c19*1-2-4-6-5-3-1;1-3-6-4(2)5/h19*1-6H2;3H2,1-2H3. The van der Waals surface area contributed by atoms with Crippen LogP contribution in [0.5, 0.6) is 0 Å². The van der Waals surface area contributed by atoms with Gasteiger partial charge >= 0.3 is 5.97 Å². The van der Waals surface area contributed by atoms with Gasteiger partial charge in [-0.3, -0.25) is 4.79 Å². The number of carbonyl (C=O) groups is 1. The normalized spacial score (nSPS) is 23.2. The van der Waals surface area contributed by atoms with Gasteiger partial charge in [0.2, 0.25) is 0 Å². The van der Waals surface area contributed by atoms with Crippen molar-refractivity contribution in [1.82, 2.24) is 0 Å². The second-order valence-electron chi connectivity index (χ2n) is 41.2. The van der Waals surface area contributed by atoms with Crippen LogP contribution in [0.15, 0.2) is 0 Å². The lowest BCUT2D eigenvalue weighted by atomic mass is 10.0. The van der Waals surface area contributed by atoms with E-state index in [1.165, 1.54) is 739 Å². The molecule has 0 heterocycles. The Bertz CT molecular complexity index is 923. The van der Waals surface area contributed by atoms with Crippen molar-refractivity contribution >= 4 is 5.97 Å². The molecule has 0 spiro atoms. The van der Waals surface area contributed by atoms with Crippen LogP contribution >= 0.6 is 0 Å². The monoisotopic (exact) mass is 1690 g/mol. The van der Waals surface area contributed by atoms with Crippen LogP contribution in [0.4, 0.5) is 0 Å². The fraction of sp³-hybridized carbons (Fsp3) is 0.992. The van der Waals surface area contributed by atoms with Crippen molar-refractivity contribution in [2.24, 2.45) is 0 Å². The summed E-state index contributed by atoms with van der Waals surface area (Å²) in [5.41, 5.74) is 0. The molecule has 720 valence electrons. The summed E-state index contributed by atoms with van der Waals surface area (Å²) < 4.78 is 4.40. The van der Waals surface area contributed by atoms with Crippen LogP contribution < -0.4 is 0 Å². The summed E-state index contributed by atoms with van der Waals surface area (Å²) in [5.74, 6) is -0.211. The molecule has 19 saturated carbocycles. The van der Waals surface area contributed by atoms with E-state index in [-0.39, 0.29) is 5.97 Å². The van der Waals surface area contributed by atoms with Gasteiger partial charge in [0.05, 0.1) is 6.61 Å². The zero-order chi connectivity index (χ0) is 85.6. The van der Waals surface area contributed by atoms with Crippen LogP contribution in [-0.4, -0.2) is 12.6 Å². The van der Waals surface area contributed by atoms with Gasteiger partial charge in [-0.25, -0.2) is 0 Å². The number of esters is 1. The van der Waals surface area contributed by atoms with Gasteiger partial charge in [0.25, 0.3) is 0 Å². The highest BCUT2D eigenvalue weighted by atomic mass is 16.5. The van der Waals surface area contributed by atoms with E-state index in [4.69, 9.17) is 0 Å². The van der Waals surface area contributed by atoms with Crippen molar-refractivity contribution in [2.45, 2.75) is 746 Å². The molecule has 0 unspecified atom stereocenters. The third-order valence-electron chi connectivity index (χ3n) is 28.8. The van der Waals surface area contributed by atoms with Gasteiger partial charge in [-0.15, -0.1) is 0 Å². The van der Waals surface area contributed by atoms with Crippen LogP contribution in [0.2, 0.25) is 0 Å². The smallest absolute Gasteiger partial charge is 0.302 e. The van der Waals surface area contributed by atoms with Crippen molar-refractivity contribution in [3.05, 3.63) is 0 Å². The molecule has 0 aromatic carbocycles. The summed E-state index contributed by atoms with van der Waals surface area (Å²) in [4.78, 5) is 9.82. The van der Waals surface area contributed by atoms with Gasteiger partial charge in [-0.1, -0.05) is 732 Å². The Morgan fingerprint density at radius 2 is 0.142 bits per heavy atom.